The Morgan fingerprint density at radius 1 is 1.12 bits per heavy atom. The van der Waals surface area contributed by atoms with E-state index in [1.807, 2.05) is 47.0 Å². The van der Waals surface area contributed by atoms with Gasteiger partial charge in [-0.05, 0) is 24.1 Å². The highest BCUT2D eigenvalue weighted by atomic mass is 32.2. The monoisotopic (exact) mass is 342 g/mol. The van der Waals surface area contributed by atoms with E-state index >= 15 is 0 Å². The molecule has 0 aromatic heterocycles. The van der Waals surface area contributed by atoms with Gasteiger partial charge < -0.3 is 15.0 Å². The van der Waals surface area contributed by atoms with Crippen LogP contribution in [0.4, 0.5) is 10.5 Å². The number of nitrogens with zero attached hydrogens (tertiary/aromatic N) is 1. The van der Waals surface area contributed by atoms with Gasteiger partial charge in [0.25, 0.3) is 0 Å². The molecule has 1 heterocycles. The number of anilines is 1. The quantitative estimate of drug-likeness (QED) is 0.898. The third-order valence-corrected chi connectivity index (χ3v) is 5.48. The van der Waals surface area contributed by atoms with Crippen LogP contribution in [0, 0.1) is 0 Å². The summed E-state index contributed by atoms with van der Waals surface area (Å²) in [6, 6.07) is 18.0. The topological polar surface area (TPSA) is 41.6 Å². The summed E-state index contributed by atoms with van der Waals surface area (Å²) >= 11 is 1.93. The zero-order chi connectivity index (χ0) is 16.8. The van der Waals surface area contributed by atoms with Gasteiger partial charge in [-0.1, -0.05) is 42.5 Å². The highest BCUT2D eigenvalue weighted by Crippen LogP contribution is 2.34. The molecule has 0 unspecified atom stereocenters. The lowest BCUT2D eigenvalue weighted by Gasteiger charge is -2.21. The van der Waals surface area contributed by atoms with E-state index in [2.05, 4.69) is 29.6 Å². The minimum atomic E-state index is -0.0613. The predicted octanol–water partition coefficient (Wildman–Crippen LogP) is 4.41. The van der Waals surface area contributed by atoms with Gasteiger partial charge in [-0.25, -0.2) is 4.79 Å². The van der Waals surface area contributed by atoms with E-state index in [1.165, 1.54) is 5.56 Å². The average molecular weight is 342 g/mol. The molecule has 2 aromatic rings. The largest absolute Gasteiger partial charge is 0.495 e. The lowest BCUT2D eigenvalue weighted by Crippen LogP contribution is -2.36. The number of thioether (sulfide) groups is 1. The molecule has 1 aliphatic heterocycles. The number of benzene rings is 2. The van der Waals surface area contributed by atoms with Crippen LogP contribution in [0.25, 0.3) is 0 Å². The maximum atomic E-state index is 12.6. The second kappa shape index (κ2) is 8.11. The summed E-state index contributed by atoms with van der Waals surface area (Å²) in [4.78, 5) is 14.5. The van der Waals surface area contributed by atoms with Gasteiger partial charge in [-0.15, -0.1) is 0 Å². The van der Waals surface area contributed by atoms with Gasteiger partial charge >= 0.3 is 6.03 Å². The molecule has 4 nitrogen and oxygen atoms in total. The van der Waals surface area contributed by atoms with Crippen molar-refractivity contribution in [3.05, 3.63) is 60.2 Å². The highest BCUT2D eigenvalue weighted by molar-refractivity contribution is 7.99. The molecular weight excluding hydrogens is 320 g/mol. The molecule has 1 fully saturated rings. The van der Waals surface area contributed by atoms with E-state index in [0.29, 0.717) is 16.7 Å². The third-order valence-electron chi connectivity index (χ3n) is 4.15. The maximum absolute atomic E-state index is 12.6. The Bertz CT molecular complexity index is 678. The molecule has 2 aromatic carbocycles. The first kappa shape index (κ1) is 16.7. The first-order chi connectivity index (χ1) is 11.8. The SMILES string of the molecule is COc1ccccc1NC(=O)N1CCS[C@H](c2ccccc2)CC1. The first-order valence-corrected chi connectivity index (χ1v) is 9.18. The number of para-hydroxylation sites is 2. The number of ether oxygens (including phenoxy) is 1. The van der Waals surface area contributed by atoms with Gasteiger partial charge in [0, 0.05) is 24.1 Å². The molecule has 0 spiro atoms. The number of carbonyl (C=O) groups is 1. The molecular formula is C19H22N2O2S. The summed E-state index contributed by atoms with van der Waals surface area (Å²) in [6.07, 6.45) is 0.966. The number of nitrogens with one attached hydrogen (secondary N) is 1. The molecule has 5 heteroatoms. The Labute approximate surface area is 147 Å². The summed E-state index contributed by atoms with van der Waals surface area (Å²) in [5, 5.41) is 3.42. The molecule has 126 valence electrons. The molecule has 2 amide bonds. The van der Waals surface area contributed by atoms with Crippen molar-refractivity contribution in [2.24, 2.45) is 0 Å². The first-order valence-electron chi connectivity index (χ1n) is 8.13. The van der Waals surface area contributed by atoms with Crippen LogP contribution in [0.1, 0.15) is 17.2 Å². The maximum Gasteiger partial charge on any atom is 0.321 e. The Morgan fingerprint density at radius 3 is 2.67 bits per heavy atom. The molecule has 1 atom stereocenters. The van der Waals surface area contributed by atoms with E-state index in [9.17, 15) is 4.79 Å². The van der Waals surface area contributed by atoms with Crippen molar-refractivity contribution in [3.63, 3.8) is 0 Å². The minimum absolute atomic E-state index is 0.0613. The average Bonchev–Trinajstić information content (AvgIpc) is 2.89. The van der Waals surface area contributed by atoms with Crippen LogP contribution in [0.5, 0.6) is 5.75 Å². The van der Waals surface area contributed by atoms with Crippen molar-refractivity contribution in [1.82, 2.24) is 4.90 Å². The Morgan fingerprint density at radius 2 is 1.88 bits per heavy atom. The second-order valence-corrected chi connectivity index (χ2v) is 6.99. The van der Waals surface area contributed by atoms with Crippen LogP contribution in [0.3, 0.4) is 0 Å². The molecule has 24 heavy (non-hydrogen) atoms. The number of rotatable bonds is 3. The molecule has 0 bridgehead atoms. The van der Waals surface area contributed by atoms with Gasteiger partial charge in [-0.3, -0.25) is 0 Å². The number of amides is 2. The Hall–Kier alpha value is -2.14. The molecule has 3 rings (SSSR count). The zero-order valence-electron chi connectivity index (χ0n) is 13.8. The molecule has 0 aliphatic carbocycles. The number of urea groups is 1. The Balaban J connectivity index is 1.62. The lowest BCUT2D eigenvalue weighted by molar-refractivity contribution is 0.215. The van der Waals surface area contributed by atoms with Gasteiger partial charge in [-0.2, -0.15) is 11.8 Å². The fourth-order valence-corrected chi connectivity index (χ4v) is 4.08. The zero-order valence-corrected chi connectivity index (χ0v) is 14.6. The number of hydrogen-bond donors (Lipinski definition) is 1. The van der Waals surface area contributed by atoms with E-state index in [0.717, 1.165) is 25.3 Å². The van der Waals surface area contributed by atoms with E-state index in [-0.39, 0.29) is 6.03 Å². The van der Waals surface area contributed by atoms with Gasteiger partial charge in [0.2, 0.25) is 0 Å². The van der Waals surface area contributed by atoms with Gasteiger partial charge in [0.1, 0.15) is 5.75 Å². The molecule has 0 radical (unpaired) electrons. The Kier molecular flexibility index (Phi) is 5.64. The molecule has 1 N–H and O–H groups in total. The van der Waals surface area contributed by atoms with Crippen LogP contribution in [0.2, 0.25) is 0 Å². The van der Waals surface area contributed by atoms with Crippen LogP contribution >= 0.6 is 11.8 Å². The van der Waals surface area contributed by atoms with Crippen LogP contribution in [0.15, 0.2) is 54.6 Å². The van der Waals surface area contributed by atoms with E-state index in [1.54, 1.807) is 7.11 Å². The number of hydrogen-bond acceptors (Lipinski definition) is 3. The summed E-state index contributed by atoms with van der Waals surface area (Å²) in [5.41, 5.74) is 2.05. The van der Waals surface area contributed by atoms with E-state index < -0.39 is 0 Å². The van der Waals surface area contributed by atoms with E-state index in [4.69, 9.17) is 4.74 Å². The van der Waals surface area contributed by atoms with Gasteiger partial charge in [0.05, 0.1) is 12.8 Å². The number of carbonyl (C=O) groups excluding carboxylic acids is 1. The van der Waals surface area contributed by atoms with Crippen molar-refractivity contribution < 1.29 is 9.53 Å². The molecule has 1 saturated heterocycles. The van der Waals surface area contributed by atoms with Crippen LogP contribution in [-0.4, -0.2) is 36.9 Å². The minimum Gasteiger partial charge on any atom is -0.495 e. The fraction of sp³-hybridized carbons (Fsp3) is 0.316. The van der Waals surface area contributed by atoms with Crippen molar-refractivity contribution >= 4 is 23.5 Å². The van der Waals surface area contributed by atoms with Crippen molar-refractivity contribution in [3.8, 4) is 5.75 Å². The summed E-state index contributed by atoms with van der Waals surface area (Å²) < 4.78 is 5.30. The third kappa shape index (κ3) is 4.03. The van der Waals surface area contributed by atoms with Crippen LogP contribution in [-0.2, 0) is 0 Å². The highest BCUT2D eigenvalue weighted by Gasteiger charge is 2.22. The lowest BCUT2D eigenvalue weighted by atomic mass is 10.1. The molecule has 0 saturated carbocycles. The normalized spacial score (nSPS) is 17.9. The summed E-state index contributed by atoms with van der Waals surface area (Å²) in [5.74, 6) is 1.62. The van der Waals surface area contributed by atoms with Crippen LogP contribution < -0.4 is 10.1 Å². The fourth-order valence-electron chi connectivity index (χ4n) is 2.85. The van der Waals surface area contributed by atoms with Crippen molar-refractivity contribution in [1.29, 1.82) is 0 Å². The standard InChI is InChI=1S/C19H22N2O2S/c1-23-17-10-6-5-9-16(17)20-19(22)21-12-11-18(24-14-13-21)15-7-3-2-4-8-15/h2-10,18H,11-14H2,1H3,(H,20,22)/t18-/m0/s1. The summed E-state index contributed by atoms with van der Waals surface area (Å²) in [7, 11) is 1.61. The summed E-state index contributed by atoms with van der Waals surface area (Å²) in [6.45, 7) is 1.52. The molecule has 1 aliphatic rings. The van der Waals surface area contributed by atoms with Crippen molar-refractivity contribution in [2.45, 2.75) is 11.7 Å². The smallest absolute Gasteiger partial charge is 0.321 e. The van der Waals surface area contributed by atoms with Crippen molar-refractivity contribution in [2.75, 3.05) is 31.3 Å². The predicted molar refractivity (Wildman–Crippen MR) is 99.8 cm³/mol. The number of methoxy groups -OCH3 is 1. The second-order valence-electron chi connectivity index (χ2n) is 5.68. The van der Waals surface area contributed by atoms with Gasteiger partial charge in [0.15, 0.2) is 0 Å².